The normalized spacial score (nSPS) is 17.0. The van der Waals surface area contributed by atoms with Crippen molar-refractivity contribution in [1.29, 1.82) is 0 Å². The van der Waals surface area contributed by atoms with Crippen molar-refractivity contribution in [2.75, 3.05) is 19.8 Å². The molecule has 1 unspecified atom stereocenters. The van der Waals surface area contributed by atoms with Crippen molar-refractivity contribution in [3.63, 3.8) is 0 Å². The zero-order chi connectivity index (χ0) is 14.9. The van der Waals surface area contributed by atoms with Crippen LogP contribution in [0.2, 0.25) is 0 Å². The lowest BCUT2D eigenvalue weighted by Gasteiger charge is -2.16. The second kappa shape index (κ2) is 9.06. The Balaban J connectivity index is 1.66. The second-order valence-electron chi connectivity index (χ2n) is 5.87. The van der Waals surface area contributed by atoms with E-state index in [2.05, 4.69) is 43.4 Å². The molecule has 1 saturated carbocycles. The van der Waals surface area contributed by atoms with Gasteiger partial charge in [0.2, 0.25) is 0 Å². The molecule has 0 aromatic heterocycles. The highest BCUT2D eigenvalue weighted by molar-refractivity contribution is 5.28. The van der Waals surface area contributed by atoms with E-state index >= 15 is 0 Å². The van der Waals surface area contributed by atoms with Gasteiger partial charge in [0.25, 0.3) is 0 Å². The second-order valence-corrected chi connectivity index (χ2v) is 5.87. The molecule has 1 aromatic rings. The fourth-order valence-electron chi connectivity index (χ4n) is 2.75. The Morgan fingerprint density at radius 3 is 2.52 bits per heavy atom. The minimum Gasteiger partial charge on any atom is -0.494 e. The van der Waals surface area contributed by atoms with Crippen molar-refractivity contribution in [3.8, 4) is 5.75 Å². The van der Waals surface area contributed by atoms with Gasteiger partial charge in [-0.05, 0) is 43.9 Å². The summed E-state index contributed by atoms with van der Waals surface area (Å²) in [7, 11) is 0. The summed E-state index contributed by atoms with van der Waals surface area (Å²) in [5.41, 5.74) is 1.29. The third kappa shape index (κ3) is 5.68. The third-order valence-corrected chi connectivity index (χ3v) is 4.06. The number of ether oxygens (including phenoxy) is 2. The summed E-state index contributed by atoms with van der Waals surface area (Å²) in [6, 6.07) is 8.73. The summed E-state index contributed by atoms with van der Waals surface area (Å²) in [5.74, 6) is 0.956. The van der Waals surface area contributed by atoms with Gasteiger partial charge in [-0.1, -0.05) is 31.9 Å². The first kappa shape index (κ1) is 16.3. The molecule has 2 rings (SSSR count). The van der Waals surface area contributed by atoms with Crippen LogP contribution in [0.1, 0.15) is 57.6 Å². The van der Waals surface area contributed by atoms with Gasteiger partial charge in [-0.25, -0.2) is 0 Å². The van der Waals surface area contributed by atoms with Crippen molar-refractivity contribution < 1.29 is 9.47 Å². The van der Waals surface area contributed by atoms with Gasteiger partial charge in [0.1, 0.15) is 5.75 Å². The molecular weight excluding hydrogens is 262 g/mol. The van der Waals surface area contributed by atoms with Gasteiger partial charge in [0.15, 0.2) is 0 Å². The van der Waals surface area contributed by atoms with Gasteiger partial charge in [-0.15, -0.1) is 0 Å². The van der Waals surface area contributed by atoms with E-state index in [4.69, 9.17) is 9.47 Å². The van der Waals surface area contributed by atoms with Crippen molar-refractivity contribution in [2.45, 2.75) is 58.1 Å². The molecule has 0 aliphatic heterocycles. The van der Waals surface area contributed by atoms with Crippen LogP contribution in [0.15, 0.2) is 24.3 Å². The van der Waals surface area contributed by atoms with Gasteiger partial charge in [0, 0.05) is 12.6 Å². The van der Waals surface area contributed by atoms with E-state index in [1.807, 2.05) is 0 Å². The molecule has 21 heavy (non-hydrogen) atoms. The molecule has 1 aromatic carbocycles. The maximum Gasteiger partial charge on any atom is 0.119 e. The number of hydrogen-bond acceptors (Lipinski definition) is 3. The van der Waals surface area contributed by atoms with Crippen LogP contribution < -0.4 is 10.1 Å². The molecule has 3 nitrogen and oxygen atoms in total. The van der Waals surface area contributed by atoms with Crippen LogP contribution in [-0.2, 0) is 4.74 Å². The first-order valence-corrected chi connectivity index (χ1v) is 8.37. The van der Waals surface area contributed by atoms with Crippen LogP contribution in [0.25, 0.3) is 0 Å². The van der Waals surface area contributed by atoms with E-state index in [9.17, 15) is 0 Å². The molecule has 0 amide bonds. The molecule has 1 fully saturated rings. The van der Waals surface area contributed by atoms with Crippen molar-refractivity contribution in [2.24, 2.45) is 0 Å². The van der Waals surface area contributed by atoms with E-state index in [1.54, 1.807) is 0 Å². The Kier molecular flexibility index (Phi) is 7.04. The Labute approximate surface area is 129 Å². The fourth-order valence-corrected chi connectivity index (χ4v) is 2.75. The summed E-state index contributed by atoms with van der Waals surface area (Å²) < 4.78 is 11.5. The van der Waals surface area contributed by atoms with Gasteiger partial charge < -0.3 is 14.8 Å². The molecule has 1 aliphatic carbocycles. The SMILES string of the molecule is CCCOc1ccc(C(C)NCCOC2CCCC2)cc1. The number of hydrogen-bond donors (Lipinski definition) is 1. The van der Waals surface area contributed by atoms with Crippen LogP contribution in [0.5, 0.6) is 5.75 Å². The molecule has 1 N–H and O–H groups in total. The first-order chi connectivity index (χ1) is 10.3. The quantitative estimate of drug-likeness (QED) is 0.695. The lowest BCUT2D eigenvalue weighted by atomic mass is 10.1. The Morgan fingerprint density at radius 2 is 1.86 bits per heavy atom. The highest BCUT2D eigenvalue weighted by Crippen LogP contribution is 2.21. The fraction of sp³-hybridized carbons (Fsp3) is 0.667. The summed E-state index contributed by atoms with van der Waals surface area (Å²) in [5, 5.41) is 3.52. The molecular formula is C18H29NO2. The van der Waals surface area contributed by atoms with E-state index < -0.39 is 0 Å². The monoisotopic (exact) mass is 291 g/mol. The predicted molar refractivity (Wildman–Crippen MR) is 86.9 cm³/mol. The molecule has 3 heteroatoms. The maximum atomic E-state index is 5.87. The lowest BCUT2D eigenvalue weighted by molar-refractivity contribution is 0.0593. The van der Waals surface area contributed by atoms with Crippen molar-refractivity contribution in [3.05, 3.63) is 29.8 Å². The summed E-state index contributed by atoms with van der Waals surface area (Å²) in [4.78, 5) is 0. The molecule has 118 valence electrons. The van der Waals surface area contributed by atoms with Crippen LogP contribution >= 0.6 is 0 Å². The van der Waals surface area contributed by atoms with Crippen LogP contribution in [0.3, 0.4) is 0 Å². The average Bonchev–Trinajstić information content (AvgIpc) is 3.03. The number of nitrogens with one attached hydrogen (secondary N) is 1. The maximum absolute atomic E-state index is 5.87. The van der Waals surface area contributed by atoms with Crippen LogP contribution in [0, 0.1) is 0 Å². The van der Waals surface area contributed by atoms with Gasteiger partial charge in [0.05, 0.1) is 19.3 Å². The van der Waals surface area contributed by atoms with E-state index in [-0.39, 0.29) is 0 Å². The largest absolute Gasteiger partial charge is 0.494 e. The van der Waals surface area contributed by atoms with Crippen molar-refractivity contribution >= 4 is 0 Å². The smallest absolute Gasteiger partial charge is 0.119 e. The molecule has 0 spiro atoms. The van der Waals surface area contributed by atoms with Gasteiger partial charge in [-0.2, -0.15) is 0 Å². The lowest BCUT2D eigenvalue weighted by Crippen LogP contribution is -2.25. The standard InChI is InChI=1S/C18H29NO2/c1-3-13-20-18-10-8-16(9-11-18)15(2)19-12-14-21-17-6-4-5-7-17/h8-11,15,17,19H,3-7,12-14H2,1-2H3. The van der Waals surface area contributed by atoms with Gasteiger partial charge >= 0.3 is 0 Å². The predicted octanol–water partition coefficient (Wildman–Crippen LogP) is 4.09. The molecule has 0 saturated heterocycles. The van der Waals surface area contributed by atoms with E-state index in [1.165, 1.54) is 31.2 Å². The molecule has 1 atom stereocenters. The van der Waals surface area contributed by atoms with Crippen LogP contribution in [0.4, 0.5) is 0 Å². The number of benzene rings is 1. The first-order valence-electron chi connectivity index (χ1n) is 8.37. The zero-order valence-electron chi connectivity index (χ0n) is 13.4. The Bertz CT molecular complexity index is 385. The molecule has 0 bridgehead atoms. The minimum absolute atomic E-state index is 0.345. The minimum atomic E-state index is 0.345. The number of rotatable bonds is 9. The topological polar surface area (TPSA) is 30.5 Å². The third-order valence-electron chi connectivity index (χ3n) is 4.06. The summed E-state index contributed by atoms with van der Waals surface area (Å²) in [6.07, 6.45) is 6.71. The highest BCUT2D eigenvalue weighted by Gasteiger charge is 2.14. The van der Waals surface area contributed by atoms with Crippen LogP contribution in [-0.4, -0.2) is 25.9 Å². The highest BCUT2D eigenvalue weighted by atomic mass is 16.5. The summed E-state index contributed by atoms with van der Waals surface area (Å²) in [6.45, 7) is 6.82. The zero-order valence-corrected chi connectivity index (χ0v) is 13.4. The average molecular weight is 291 g/mol. The van der Waals surface area contributed by atoms with E-state index in [0.717, 1.165) is 31.9 Å². The van der Waals surface area contributed by atoms with E-state index in [0.29, 0.717) is 12.1 Å². The van der Waals surface area contributed by atoms with Gasteiger partial charge in [-0.3, -0.25) is 0 Å². The molecule has 0 radical (unpaired) electrons. The molecule has 1 aliphatic rings. The summed E-state index contributed by atoms with van der Waals surface area (Å²) >= 11 is 0. The Morgan fingerprint density at radius 1 is 1.14 bits per heavy atom. The molecule has 0 heterocycles. The van der Waals surface area contributed by atoms with Crippen molar-refractivity contribution in [1.82, 2.24) is 5.32 Å². The Hall–Kier alpha value is -1.06.